The Kier molecular flexibility index (Phi) is 23.4. The third kappa shape index (κ3) is 13.3. The molecule has 0 radical (unpaired) electrons. The van der Waals surface area contributed by atoms with E-state index in [0.717, 1.165) is 10.8 Å². The molecule has 2 aromatic carbocycles. The Balaban J connectivity index is 0. The number of hydrogen-bond acceptors (Lipinski definition) is 1. The quantitative estimate of drug-likeness (QED) is 0.220. The van der Waals surface area contributed by atoms with E-state index in [2.05, 4.69) is 66.3 Å². The van der Waals surface area contributed by atoms with Crippen molar-refractivity contribution < 1.29 is 19.4 Å². The topological polar surface area (TPSA) is 17.1 Å². The number of halogens is 1. The van der Waals surface area contributed by atoms with Gasteiger partial charge in [0.05, 0.1) is 6.29 Å². The molecular weight excluding hydrogens is 448 g/mol. The average molecular weight is 486 g/mol. The zero-order valence-electron chi connectivity index (χ0n) is 18.3. The molecule has 0 saturated carbocycles. The van der Waals surface area contributed by atoms with Gasteiger partial charge in [0.2, 0.25) is 0 Å². The summed E-state index contributed by atoms with van der Waals surface area (Å²) in [5.41, 5.74) is 0.633. The molecule has 0 aromatic heterocycles. The van der Waals surface area contributed by atoms with Crippen LogP contribution in [0.15, 0.2) is 42.5 Å². The third-order valence-corrected chi connectivity index (χ3v) is 9.95. The van der Waals surface area contributed by atoms with Crippen LogP contribution in [0.2, 0.25) is 0 Å². The maximum absolute atomic E-state index is 10.5. The van der Waals surface area contributed by atoms with Crippen molar-refractivity contribution in [2.75, 3.05) is 37.0 Å². The summed E-state index contributed by atoms with van der Waals surface area (Å²) < 4.78 is 0. The molecule has 0 N–H and O–H groups in total. The van der Waals surface area contributed by atoms with Gasteiger partial charge in [-0.25, -0.2) is 0 Å². The second-order valence-corrected chi connectivity index (χ2v) is 12.3. The van der Waals surface area contributed by atoms with Crippen LogP contribution in [0.3, 0.4) is 0 Å². The molecule has 28 heavy (non-hydrogen) atoms. The number of hydrogen-bond donors (Lipinski definition) is 0. The fourth-order valence-corrected chi connectivity index (χ4v) is 5.34. The Morgan fingerprint density at radius 3 is 1.46 bits per heavy atom. The van der Waals surface area contributed by atoms with Crippen molar-refractivity contribution >= 4 is 43.1 Å². The van der Waals surface area contributed by atoms with Crippen LogP contribution < -0.4 is 0 Å². The number of benzene rings is 2. The van der Waals surface area contributed by atoms with E-state index in [4.69, 9.17) is 0 Å². The molecule has 0 atom stereocenters. The molecule has 0 unspecified atom stereocenters. The summed E-state index contributed by atoms with van der Waals surface area (Å²) in [4.78, 5) is 10.5. The zero-order chi connectivity index (χ0) is 21.8. The van der Waals surface area contributed by atoms with Crippen LogP contribution in [-0.2, 0) is 19.4 Å². The first-order chi connectivity index (χ1) is 13.6. The second-order valence-electron chi connectivity index (χ2n) is 5.87. The van der Waals surface area contributed by atoms with Crippen molar-refractivity contribution in [2.24, 2.45) is 0 Å². The fraction of sp³-hybridized carbons (Fsp3) is 0.522. The van der Waals surface area contributed by atoms with Gasteiger partial charge in [-0.2, -0.15) is 6.07 Å². The molecule has 0 fully saturated rings. The Morgan fingerprint density at radius 1 is 0.714 bits per heavy atom. The molecular formula is C23H37ClNiOP2-. The summed E-state index contributed by atoms with van der Waals surface area (Å²) in [7, 11) is 5.16. The van der Waals surface area contributed by atoms with Crippen molar-refractivity contribution in [3.63, 3.8) is 0 Å². The summed E-state index contributed by atoms with van der Waals surface area (Å²) in [6, 6.07) is 13.4. The average Bonchev–Trinajstić information content (AvgIpc) is 2.78. The van der Waals surface area contributed by atoms with E-state index in [1.165, 1.54) is 37.0 Å². The van der Waals surface area contributed by atoms with Crippen LogP contribution in [0.4, 0.5) is 0 Å². The standard InChI is InChI=1S/C11H7O.2C6H15P.ClH.Ni/c12-8-10-6-3-5-9-4-1-2-7-11(9)10;2*1-4-7(5-2)6-3;;/h1-7H;2*4-6H2,1-3H3;1H;/q-1;;;;+1/p-1. The summed E-state index contributed by atoms with van der Waals surface area (Å²) in [6.07, 6.45) is 10.4. The summed E-state index contributed by atoms with van der Waals surface area (Å²) in [5.74, 6) is 0. The summed E-state index contributed by atoms with van der Waals surface area (Å²) in [5, 5.41) is 2.05. The van der Waals surface area contributed by atoms with Gasteiger partial charge in [-0.3, -0.25) is 0 Å². The van der Waals surface area contributed by atoms with Crippen LogP contribution in [-0.4, -0.2) is 43.3 Å². The van der Waals surface area contributed by atoms with Crippen LogP contribution in [0.5, 0.6) is 0 Å². The van der Waals surface area contributed by atoms with Crippen LogP contribution >= 0.6 is 26.0 Å². The van der Waals surface area contributed by atoms with Crippen molar-refractivity contribution in [3.8, 4) is 0 Å². The van der Waals surface area contributed by atoms with Gasteiger partial charge in [0.15, 0.2) is 0 Å². The molecule has 1 nitrogen and oxygen atoms in total. The monoisotopic (exact) mass is 484 g/mol. The van der Waals surface area contributed by atoms with Crippen LogP contribution in [0.1, 0.15) is 47.1 Å². The number of rotatable bonds is 7. The molecule has 0 heterocycles. The van der Waals surface area contributed by atoms with Crippen molar-refractivity contribution in [2.45, 2.75) is 41.5 Å². The van der Waals surface area contributed by atoms with Crippen molar-refractivity contribution in [1.29, 1.82) is 0 Å². The predicted molar refractivity (Wildman–Crippen MR) is 132 cm³/mol. The van der Waals surface area contributed by atoms with Gasteiger partial charge in [-0.15, -0.1) is 38.9 Å². The molecule has 2 rings (SSSR count). The molecule has 0 aliphatic rings. The first-order valence-electron chi connectivity index (χ1n) is 10.0. The normalized spacial score (nSPS) is 9.68. The Morgan fingerprint density at radius 2 is 1.11 bits per heavy atom. The van der Waals surface area contributed by atoms with Crippen LogP contribution in [0, 0.1) is 0 Å². The first kappa shape index (κ1) is 30.2. The molecule has 163 valence electrons. The van der Waals surface area contributed by atoms with Gasteiger partial charge in [0, 0.05) is 0 Å². The minimum atomic E-state index is 0.446. The van der Waals surface area contributed by atoms with Gasteiger partial charge in [0.1, 0.15) is 0 Å². The molecule has 0 bridgehead atoms. The van der Waals surface area contributed by atoms with Crippen molar-refractivity contribution in [1.82, 2.24) is 0 Å². The van der Waals surface area contributed by atoms with Crippen LogP contribution in [0.25, 0.3) is 10.8 Å². The first-order valence-corrected chi connectivity index (χ1v) is 15.2. The SMILES string of the molecule is CCP(CC)CC.CCP(CC)CC.O=[C-]c1cccc2ccccc12.[Cl][Ni]. The van der Waals surface area contributed by atoms with E-state index in [1.807, 2.05) is 42.7 Å². The molecule has 5 heteroatoms. The minimum absolute atomic E-state index is 0.446. The Labute approximate surface area is 188 Å². The predicted octanol–water partition coefficient (Wildman–Crippen LogP) is 8.04. The summed E-state index contributed by atoms with van der Waals surface area (Å²) in [6.45, 7) is 13.7. The molecule has 0 aliphatic carbocycles. The van der Waals surface area contributed by atoms with E-state index in [0.29, 0.717) is 21.4 Å². The maximum atomic E-state index is 10.5. The molecule has 2 aromatic rings. The van der Waals surface area contributed by atoms with Gasteiger partial charge in [0.25, 0.3) is 0 Å². The third-order valence-electron chi connectivity index (χ3n) is 4.58. The van der Waals surface area contributed by atoms with Gasteiger partial charge >= 0.3 is 24.8 Å². The second kappa shape index (κ2) is 21.7. The van der Waals surface area contributed by atoms with E-state index in [-0.39, 0.29) is 0 Å². The van der Waals surface area contributed by atoms with Gasteiger partial charge in [-0.1, -0.05) is 71.2 Å². The summed E-state index contributed by atoms with van der Waals surface area (Å²) >= 11 is 3.35. The molecule has 0 aliphatic heterocycles. The Bertz CT molecular complexity index is 574. The fourth-order valence-electron chi connectivity index (χ4n) is 2.66. The molecule has 0 amide bonds. The number of fused-ring (bicyclic) bond motifs is 1. The van der Waals surface area contributed by atoms with E-state index < -0.39 is 0 Å². The van der Waals surface area contributed by atoms with Gasteiger partial charge < -0.3 is 4.79 Å². The van der Waals surface area contributed by atoms with E-state index >= 15 is 0 Å². The van der Waals surface area contributed by atoms with Crippen molar-refractivity contribution in [3.05, 3.63) is 48.0 Å². The Hall–Kier alpha value is 0.0135. The van der Waals surface area contributed by atoms with Gasteiger partial charge in [-0.05, 0) is 37.0 Å². The van der Waals surface area contributed by atoms with E-state index in [1.54, 1.807) is 6.07 Å². The number of carbonyl (C=O) groups excluding carboxylic acids is 1. The molecule has 0 saturated heterocycles. The zero-order valence-corrected chi connectivity index (χ0v) is 21.8. The molecule has 0 spiro atoms. The van der Waals surface area contributed by atoms with E-state index in [9.17, 15) is 4.79 Å².